The summed E-state index contributed by atoms with van der Waals surface area (Å²) in [5, 5.41) is 12.3. The predicted molar refractivity (Wildman–Crippen MR) is 68.7 cm³/mol. The van der Waals surface area contributed by atoms with Crippen molar-refractivity contribution in [1.29, 1.82) is 0 Å². The van der Waals surface area contributed by atoms with Crippen molar-refractivity contribution in [2.24, 2.45) is 11.3 Å². The molecule has 4 nitrogen and oxygen atoms in total. The highest BCUT2D eigenvalue weighted by atomic mass is 16.5. The molecule has 17 heavy (non-hydrogen) atoms. The van der Waals surface area contributed by atoms with Crippen molar-refractivity contribution < 1.29 is 14.6 Å². The topological polar surface area (TPSA) is 58.6 Å². The highest BCUT2D eigenvalue weighted by Crippen LogP contribution is 2.17. The van der Waals surface area contributed by atoms with E-state index >= 15 is 0 Å². The number of rotatable bonds is 7. The highest BCUT2D eigenvalue weighted by molar-refractivity contribution is 5.76. The average molecular weight is 245 g/mol. The maximum atomic E-state index is 11.5. The van der Waals surface area contributed by atoms with Gasteiger partial charge in [-0.05, 0) is 11.3 Å². The molecule has 4 heteroatoms. The fourth-order valence-corrected chi connectivity index (χ4v) is 1.27. The van der Waals surface area contributed by atoms with E-state index in [0.29, 0.717) is 18.9 Å². The summed E-state index contributed by atoms with van der Waals surface area (Å²) in [7, 11) is 0. The molecule has 0 aromatic carbocycles. The van der Waals surface area contributed by atoms with Crippen LogP contribution in [0.1, 0.15) is 41.0 Å². The number of nitrogens with one attached hydrogen (secondary N) is 1. The van der Waals surface area contributed by atoms with E-state index in [1.54, 1.807) is 0 Å². The van der Waals surface area contributed by atoms with E-state index in [9.17, 15) is 9.90 Å². The maximum Gasteiger partial charge on any atom is 0.220 e. The zero-order valence-corrected chi connectivity index (χ0v) is 11.7. The molecular formula is C13H27NO3. The van der Waals surface area contributed by atoms with Crippen molar-refractivity contribution in [3.8, 4) is 0 Å². The molecule has 0 aromatic heterocycles. The molecule has 2 N–H and O–H groups in total. The Balaban J connectivity index is 3.62. The first-order valence-electron chi connectivity index (χ1n) is 6.23. The molecule has 0 bridgehead atoms. The zero-order chi connectivity index (χ0) is 13.5. The summed E-state index contributed by atoms with van der Waals surface area (Å²) in [6.07, 6.45) is -0.162. The molecule has 0 heterocycles. The van der Waals surface area contributed by atoms with Gasteiger partial charge < -0.3 is 15.2 Å². The molecule has 0 fully saturated rings. The Hall–Kier alpha value is -0.610. The third-order valence-corrected chi connectivity index (χ3v) is 1.99. The molecule has 0 aliphatic rings. The van der Waals surface area contributed by atoms with Crippen LogP contribution in [0.4, 0.5) is 0 Å². The van der Waals surface area contributed by atoms with E-state index in [-0.39, 0.29) is 24.5 Å². The zero-order valence-electron chi connectivity index (χ0n) is 11.7. The first kappa shape index (κ1) is 16.4. The van der Waals surface area contributed by atoms with Crippen LogP contribution in [0.2, 0.25) is 0 Å². The number of hydrogen-bond acceptors (Lipinski definition) is 3. The maximum absolute atomic E-state index is 11.5. The van der Waals surface area contributed by atoms with Gasteiger partial charge in [0, 0.05) is 19.6 Å². The van der Waals surface area contributed by atoms with Crippen molar-refractivity contribution in [3.63, 3.8) is 0 Å². The fourth-order valence-electron chi connectivity index (χ4n) is 1.27. The third-order valence-electron chi connectivity index (χ3n) is 1.99. The van der Waals surface area contributed by atoms with Crippen LogP contribution in [-0.2, 0) is 9.53 Å². The largest absolute Gasteiger partial charge is 0.389 e. The lowest BCUT2D eigenvalue weighted by atomic mass is 9.92. The number of amides is 1. The molecule has 1 atom stereocenters. The van der Waals surface area contributed by atoms with E-state index < -0.39 is 6.10 Å². The standard InChI is InChI=1S/C13H27NO3/c1-10(2)8-17-9-11(15)7-14-12(16)6-13(3,4)5/h10-11,15H,6-9H2,1-5H3,(H,14,16). The highest BCUT2D eigenvalue weighted by Gasteiger charge is 2.16. The number of carbonyl (C=O) groups excluding carboxylic acids is 1. The number of aliphatic hydroxyl groups is 1. The molecule has 0 radical (unpaired) electrons. The average Bonchev–Trinajstić information content (AvgIpc) is 2.11. The number of hydrogen-bond donors (Lipinski definition) is 2. The molecule has 1 amide bonds. The van der Waals surface area contributed by atoms with Crippen LogP contribution >= 0.6 is 0 Å². The summed E-state index contributed by atoms with van der Waals surface area (Å²) in [5.74, 6) is 0.429. The Kier molecular flexibility index (Phi) is 7.39. The Morgan fingerprint density at radius 1 is 1.29 bits per heavy atom. The molecule has 0 aliphatic heterocycles. The second-order valence-corrected chi connectivity index (χ2v) is 6.13. The normalized spacial score (nSPS) is 13.8. The molecule has 0 saturated carbocycles. The van der Waals surface area contributed by atoms with Gasteiger partial charge in [0.15, 0.2) is 0 Å². The van der Waals surface area contributed by atoms with E-state index in [1.165, 1.54) is 0 Å². The first-order chi connectivity index (χ1) is 7.70. The lowest BCUT2D eigenvalue weighted by Gasteiger charge is -2.18. The minimum atomic E-state index is -0.627. The van der Waals surface area contributed by atoms with E-state index in [2.05, 4.69) is 19.2 Å². The third kappa shape index (κ3) is 11.6. The van der Waals surface area contributed by atoms with Crippen LogP contribution in [0, 0.1) is 11.3 Å². The van der Waals surface area contributed by atoms with Crippen LogP contribution in [0.3, 0.4) is 0 Å². The van der Waals surface area contributed by atoms with Gasteiger partial charge in [0.05, 0.1) is 12.7 Å². The van der Waals surface area contributed by atoms with Gasteiger partial charge in [0.2, 0.25) is 5.91 Å². The van der Waals surface area contributed by atoms with Crippen molar-refractivity contribution in [1.82, 2.24) is 5.32 Å². The quantitative estimate of drug-likeness (QED) is 0.716. The van der Waals surface area contributed by atoms with Crippen LogP contribution in [0.5, 0.6) is 0 Å². The van der Waals surface area contributed by atoms with E-state index in [4.69, 9.17) is 4.74 Å². The summed E-state index contributed by atoms with van der Waals surface area (Å²) >= 11 is 0. The van der Waals surface area contributed by atoms with Crippen LogP contribution in [0.15, 0.2) is 0 Å². The Bertz CT molecular complexity index is 221. The number of ether oxygens (including phenoxy) is 1. The number of carbonyl (C=O) groups is 1. The van der Waals surface area contributed by atoms with Crippen molar-refractivity contribution in [3.05, 3.63) is 0 Å². The molecule has 102 valence electrons. The summed E-state index contributed by atoms with van der Waals surface area (Å²) in [6.45, 7) is 11.3. The molecule has 0 saturated heterocycles. The second-order valence-electron chi connectivity index (χ2n) is 6.13. The lowest BCUT2D eigenvalue weighted by molar-refractivity contribution is -0.123. The van der Waals surface area contributed by atoms with E-state index in [1.807, 2.05) is 20.8 Å². The Morgan fingerprint density at radius 3 is 2.35 bits per heavy atom. The fraction of sp³-hybridized carbons (Fsp3) is 0.923. The van der Waals surface area contributed by atoms with Crippen molar-refractivity contribution in [2.75, 3.05) is 19.8 Å². The van der Waals surface area contributed by atoms with Gasteiger partial charge in [-0.2, -0.15) is 0 Å². The summed E-state index contributed by atoms with van der Waals surface area (Å²) in [6, 6.07) is 0. The van der Waals surface area contributed by atoms with Gasteiger partial charge >= 0.3 is 0 Å². The van der Waals surface area contributed by atoms with Gasteiger partial charge in [-0.1, -0.05) is 34.6 Å². The van der Waals surface area contributed by atoms with Gasteiger partial charge in [-0.25, -0.2) is 0 Å². The second kappa shape index (κ2) is 7.67. The minimum Gasteiger partial charge on any atom is -0.389 e. The molecule has 0 aliphatic carbocycles. The SMILES string of the molecule is CC(C)COCC(O)CNC(=O)CC(C)(C)C. The van der Waals surface area contributed by atoms with Crippen LogP contribution in [0.25, 0.3) is 0 Å². The Labute approximate surface area is 105 Å². The van der Waals surface area contributed by atoms with Crippen molar-refractivity contribution >= 4 is 5.91 Å². The molecular weight excluding hydrogens is 218 g/mol. The van der Waals surface area contributed by atoms with Gasteiger partial charge in [0.1, 0.15) is 0 Å². The molecule has 0 aromatic rings. The van der Waals surface area contributed by atoms with Crippen LogP contribution in [-0.4, -0.2) is 36.9 Å². The lowest BCUT2D eigenvalue weighted by Crippen LogP contribution is -2.36. The van der Waals surface area contributed by atoms with Crippen molar-refractivity contribution in [2.45, 2.75) is 47.1 Å². The van der Waals surface area contributed by atoms with Crippen LogP contribution < -0.4 is 5.32 Å². The smallest absolute Gasteiger partial charge is 0.220 e. The summed E-state index contributed by atoms with van der Waals surface area (Å²) < 4.78 is 5.29. The van der Waals surface area contributed by atoms with Gasteiger partial charge in [-0.3, -0.25) is 4.79 Å². The van der Waals surface area contributed by atoms with E-state index in [0.717, 1.165) is 0 Å². The summed E-state index contributed by atoms with van der Waals surface area (Å²) in [4.78, 5) is 11.5. The first-order valence-corrected chi connectivity index (χ1v) is 6.23. The van der Waals surface area contributed by atoms with Gasteiger partial charge in [0.25, 0.3) is 0 Å². The predicted octanol–water partition coefficient (Wildman–Crippen LogP) is 1.57. The molecule has 0 spiro atoms. The van der Waals surface area contributed by atoms with Gasteiger partial charge in [-0.15, -0.1) is 0 Å². The summed E-state index contributed by atoms with van der Waals surface area (Å²) in [5.41, 5.74) is -0.0246. The molecule has 0 rings (SSSR count). The number of aliphatic hydroxyl groups excluding tert-OH is 1. The molecule has 1 unspecified atom stereocenters. The Morgan fingerprint density at radius 2 is 1.88 bits per heavy atom. The minimum absolute atomic E-state index is 0.0246. The monoisotopic (exact) mass is 245 g/mol.